The molecule has 1 unspecified atom stereocenters. The van der Waals surface area contributed by atoms with Crippen LogP contribution in [0.25, 0.3) is 0 Å². The monoisotopic (exact) mass is 266 g/mol. The molecule has 0 spiro atoms. The quantitative estimate of drug-likeness (QED) is 0.736. The largest absolute Gasteiger partial charge is 0.350 e. The zero-order valence-electron chi connectivity index (χ0n) is 11.4. The topological polar surface area (TPSA) is 89.1 Å². The molecule has 1 aromatic heterocycles. The van der Waals surface area contributed by atoms with E-state index < -0.39 is 0 Å². The predicted octanol–water partition coefficient (Wildman–Crippen LogP) is -0.692. The van der Waals surface area contributed by atoms with Gasteiger partial charge in [-0.2, -0.15) is 0 Å². The maximum atomic E-state index is 11.9. The summed E-state index contributed by atoms with van der Waals surface area (Å²) in [6.45, 7) is 3.96. The lowest BCUT2D eigenvalue weighted by Crippen LogP contribution is -2.39. The predicted molar refractivity (Wildman–Crippen MR) is 71.6 cm³/mol. The van der Waals surface area contributed by atoms with Crippen molar-refractivity contribution < 1.29 is 4.79 Å². The molecule has 7 heteroatoms. The normalized spacial score (nSPS) is 20.4. The lowest BCUT2D eigenvalue weighted by molar-refractivity contribution is 0.0931. The first-order valence-electron chi connectivity index (χ1n) is 6.76. The highest BCUT2D eigenvalue weighted by atomic mass is 16.2. The molecule has 3 N–H and O–H groups in total. The third-order valence-corrected chi connectivity index (χ3v) is 3.40. The molecule has 0 bridgehead atoms. The molecular weight excluding hydrogens is 244 g/mol. The van der Waals surface area contributed by atoms with Gasteiger partial charge in [0.2, 0.25) is 0 Å². The van der Waals surface area contributed by atoms with Gasteiger partial charge in [-0.05, 0) is 32.4 Å². The molecule has 1 atom stereocenters. The van der Waals surface area contributed by atoms with Crippen LogP contribution in [0.3, 0.4) is 0 Å². The number of likely N-dealkylation sites (tertiary alicyclic amines) is 1. The van der Waals surface area contributed by atoms with Gasteiger partial charge in [-0.1, -0.05) is 5.21 Å². The SMILES string of the molecule is CN1CCCC(CNC(=O)c2cn(CCN)nn2)C1. The highest BCUT2D eigenvalue weighted by Gasteiger charge is 2.18. The summed E-state index contributed by atoms with van der Waals surface area (Å²) < 4.78 is 1.59. The van der Waals surface area contributed by atoms with E-state index in [-0.39, 0.29) is 5.91 Å². The first-order chi connectivity index (χ1) is 9.19. The number of carbonyl (C=O) groups excluding carboxylic acids is 1. The smallest absolute Gasteiger partial charge is 0.273 e. The van der Waals surface area contributed by atoms with E-state index in [0.29, 0.717) is 31.2 Å². The van der Waals surface area contributed by atoms with Crippen LogP contribution in [0.15, 0.2) is 6.20 Å². The number of piperidine rings is 1. The minimum atomic E-state index is -0.156. The summed E-state index contributed by atoms with van der Waals surface area (Å²) in [5.74, 6) is 0.373. The molecule has 106 valence electrons. The van der Waals surface area contributed by atoms with Crippen LogP contribution >= 0.6 is 0 Å². The molecule has 0 aliphatic carbocycles. The average Bonchev–Trinajstić information content (AvgIpc) is 2.85. The van der Waals surface area contributed by atoms with E-state index in [1.807, 2.05) is 0 Å². The number of hydrogen-bond acceptors (Lipinski definition) is 5. The number of aromatic nitrogens is 3. The molecule has 2 rings (SSSR count). The fraction of sp³-hybridized carbons (Fsp3) is 0.750. The van der Waals surface area contributed by atoms with Gasteiger partial charge in [0.1, 0.15) is 0 Å². The second-order valence-corrected chi connectivity index (χ2v) is 5.14. The molecule has 1 saturated heterocycles. The molecule has 7 nitrogen and oxygen atoms in total. The zero-order chi connectivity index (χ0) is 13.7. The summed E-state index contributed by atoms with van der Waals surface area (Å²) >= 11 is 0. The Hall–Kier alpha value is -1.47. The van der Waals surface area contributed by atoms with Crippen LogP contribution in [-0.2, 0) is 6.54 Å². The molecule has 1 amide bonds. The Bertz CT molecular complexity index is 418. The van der Waals surface area contributed by atoms with Gasteiger partial charge in [0.15, 0.2) is 5.69 Å². The van der Waals surface area contributed by atoms with E-state index in [0.717, 1.165) is 13.1 Å². The summed E-state index contributed by atoms with van der Waals surface area (Å²) in [5, 5.41) is 10.6. The van der Waals surface area contributed by atoms with Gasteiger partial charge < -0.3 is 16.0 Å². The average molecular weight is 266 g/mol. The molecule has 1 aromatic rings. The van der Waals surface area contributed by atoms with Crippen LogP contribution in [0.5, 0.6) is 0 Å². The lowest BCUT2D eigenvalue weighted by Gasteiger charge is -2.29. The number of nitrogens with zero attached hydrogens (tertiary/aromatic N) is 4. The van der Waals surface area contributed by atoms with E-state index in [4.69, 9.17) is 5.73 Å². The lowest BCUT2D eigenvalue weighted by atomic mass is 9.98. The number of nitrogens with two attached hydrogens (primary N) is 1. The number of amides is 1. The minimum Gasteiger partial charge on any atom is -0.350 e. The van der Waals surface area contributed by atoms with E-state index in [9.17, 15) is 4.79 Å². The Morgan fingerprint density at radius 1 is 1.63 bits per heavy atom. The van der Waals surface area contributed by atoms with Gasteiger partial charge >= 0.3 is 0 Å². The van der Waals surface area contributed by atoms with E-state index >= 15 is 0 Å². The minimum absolute atomic E-state index is 0.156. The Labute approximate surface area is 113 Å². The Balaban J connectivity index is 1.79. The van der Waals surface area contributed by atoms with Crippen LogP contribution in [0.2, 0.25) is 0 Å². The first-order valence-corrected chi connectivity index (χ1v) is 6.76. The van der Waals surface area contributed by atoms with E-state index in [1.54, 1.807) is 10.9 Å². The third kappa shape index (κ3) is 4.00. The number of carbonyl (C=O) groups is 1. The van der Waals surface area contributed by atoms with Gasteiger partial charge in [0, 0.05) is 19.6 Å². The first kappa shape index (κ1) is 14.0. The van der Waals surface area contributed by atoms with Gasteiger partial charge in [-0.25, -0.2) is 0 Å². The van der Waals surface area contributed by atoms with Crippen LogP contribution in [-0.4, -0.2) is 59.0 Å². The van der Waals surface area contributed by atoms with Crippen LogP contribution in [0.1, 0.15) is 23.3 Å². The van der Waals surface area contributed by atoms with Gasteiger partial charge in [-0.3, -0.25) is 9.48 Å². The van der Waals surface area contributed by atoms with Crippen LogP contribution in [0, 0.1) is 5.92 Å². The van der Waals surface area contributed by atoms with Gasteiger partial charge in [0.05, 0.1) is 12.7 Å². The summed E-state index contributed by atoms with van der Waals surface area (Å²) in [4.78, 5) is 14.2. The Morgan fingerprint density at radius 2 is 2.47 bits per heavy atom. The van der Waals surface area contributed by atoms with Crippen molar-refractivity contribution in [1.29, 1.82) is 0 Å². The molecule has 19 heavy (non-hydrogen) atoms. The van der Waals surface area contributed by atoms with Crippen molar-refractivity contribution in [3.05, 3.63) is 11.9 Å². The van der Waals surface area contributed by atoms with Crippen molar-refractivity contribution in [3.8, 4) is 0 Å². The van der Waals surface area contributed by atoms with Crippen molar-refractivity contribution in [3.63, 3.8) is 0 Å². The second-order valence-electron chi connectivity index (χ2n) is 5.14. The summed E-state index contributed by atoms with van der Waals surface area (Å²) in [5.41, 5.74) is 5.78. The van der Waals surface area contributed by atoms with Crippen molar-refractivity contribution in [2.24, 2.45) is 11.7 Å². The number of hydrogen-bond donors (Lipinski definition) is 2. The van der Waals surface area contributed by atoms with Crippen LogP contribution in [0.4, 0.5) is 0 Å². The molecule has 1 aliphatic rings. The van der Waals surface area contributed by atoms with Crippen molar-refractivity contribution in [2.75, 3.05) is 33.2 Å². The standard InChI is InChI=1S/C12H22N6O/c1-17-5-2-3-10(8-17)7-14-12(19)11-9-18(6-4-13)16-15-11/h9-10H,2-8,13H2,1H3,(H,14,19). The highest BCUT2D eigenvalue weighted by Crippen LogP contribution is 2.13. The fourth-order valence-electron chi connectivity index (χ4n) is 2.41. The highest BCUT2D eigenvalue weighted by molar-refractivity contribution is 5.91. The molecule has 0 radical (unpaired) electrons. The summed E-state index contributed by atoms with van der Waals surface area (Å²) in [7, 11) is 2.12. The zero-order valence-corrected chi connectivity index (χ0v) is 11.4. The van der Waals surface area contributed by atoms with E-state index in [1.165, 1.54) is 12.8 Å². The number of nitrogens with one attached hydrogen (secondary N) is 1. The molecule has 1 aliphatic heterocycles. The maximum absolute atomic E-state index is 11.9. The molecular formula is C12H22N6O. The Morgan fingerprint density at radius 3 is 3.21 bits per heavy atom. The van der Waals surface area contributed by atoms with Crippen molar-refractivity contribution >= 4 is 5.91 Å². The fourth-order valence-corrected chi connectivity index (χ4v) is 2.41. The molecule has 1 fully saturated rings. The Kier molecular flexibility index (Phi) is 4.86. The summed E-state index contributed by atoms with van der Waals surface area (Å²) in [6.07, 6.45) is 4.00. The van der Waals surface area contributed by atoms with Crippen LogP contribution < -0.4 is 11.1 Å². The third-order valence-electron chi connectivity index (χ3n) is 3.40. The van der Waals surface area contributed by atoms with Crippen molar-refractivity contribution in [1.82, 2.24) is 25.2 Å². The number of rotatable bonds is 5. The van der Waals surface area contributed by atoms with Gasteiger partial charge in [-0.15, -0.1) is 5.10 Å². The van der Waals surface area contributed by atoms with E-state index in [2.05, 4.69) is 27.6 Å². The molecule has 0 saturated carbocycles. The summed E-state index contributed by atoms with van der Waals surface area (Å²) in [6, 6.07) is 0. The maximum Gasteiger partial charge on any atom is 0.273 e. The second kappa shape index (κ2) is 6.63. The van der Waals surface area contributed by atoms with Gasteiger partial charge in [0.25, 0.3) is 5.91 Å². The van der Waals surface area contributed by atoms with Crippen molar-refractivity contribution in [2.45, 2.75) is 19.4 Å². The molecule has 0 aromatic carbocycles. The molecule has 2 heterocycles.